The van der Waals surface area contributed by atoms with Crippen LogP contribution in [-0.2, 0) is 13.0 Å². The van der Waals surface area contributed by atoms with Crippen molar-refractivity contribution in [3.8, 4) is 0 Å². The van der Waals surface area contributed by atoms with Crippen molar-refractivity contribution < 1.29 is 13.6 Å². The Morgan fingerprint density at radius 3 is 2.79 bits per heavy atom. The Hall–Kier alpha value is -4.11. The molecule has 10 heteroatoms. The lowest BCUT2D eigenvalue weighted by Gasteiger charge is -2.06. The number of anilines is 1. The van der Waals surface area contributed by atoms with Gasteiger partial charge < -0.3 is 15.5 Å². The maximum Gasteiger partial charge on any atom is 0.309 e. The standard InChI is InChI=1S/C23H16ClFN6O2/c24-16-9-15-6-13(7-18(25)20(15)28-11-16)8-19-30-31-23(33-19)22(32)29-10-12-1-2-17-14(5-12)3-4-27-21(17)26/h1-7,9,11H,8,10H2,(H2,26,27)(H,29,32). The van der Waals surface area contributed by atoms with Crippen molar-refractivity contribution >= 4 is 45.0 Å². The summed E-state index contributed by atoms with van der Waals surface area (Å²) in [5.74, 6) is -0.534. The highest BCUT2D eigenvalue weighted by Gasteiger charge is 2.16. The van der Waals surface area contributed by atoms with Crippen LogP contribution < -0.4 is 11.1 Å². The molecule has 33 heavy (non-hydrogen) atoms. The number of carbonyl (C=O) groups excluding carboxylic acids is 1. The summed E-state index contributed by atoms with van der Waals surface area (Å²) >= 11 is 5.95. The molecule has 0 aliphatic heterocycles. The van der Waals surface area contributed by atoms with Crippen LogP contribution in [0.5, 0.6) is 0 Å². The summed E-state index contributed by atoms with van der Waals surface area (Å²) in [5.41, 5.74) is 7.55. The molecule has 2 aromatic carbocycles. The summed E-state index contributed by atoms with van der Waals surface area (Å²) in [4.78, 5) is 20.5. The van der Waals surface area contributed by atoms with Crippen molar-refractivity contribution in [1.29, 1.82) is 0 Å². The fourth-order valence-corrected chi connectivity index (χ4v) is 3.72. The molecule has 0 fully saturated rings. The summed E-state index contributed by atoms with van der Waals surface area (Å²) in [6.45, 7) is 0.262. The molecule has 0 atom stereocenters. The number of benzene rings is 2. The molecule has 5 rings (SSSR count). The monoisotopic (exact) mass is 462 g/mol. The van der Waals surface area contributed by atoms with Crippen LogP contribution in [0.4, 0.5) is 10.2 Å². The number of fused-ring (bicyclic) bond motifs is 2. The maximum absolute atomic E-state index is 14.3. The van der Waals surface area contributed by atoms with Crippen LogP contribution in [0.1, 0.15) is 27.7 Å². The van der Waals surface area contributed by atoms with Gasteiger partial charge in [-0.1, -0.05) is 23.7 Å². The Bertz CT molecular complexity index is 1520. The summed E-state index contributed by atoms with van der Waals surface area (Å²) < 4.78 is 19.8. The predicted octanol–water partition coefficient (Wildman–Crippen LogP) is 4.06. The van der Waals surface area contributed by atoms with Gasteiger partial charge in [-0.15, -0.1) is 10.2 Å². The molecule has 8 nitrogen and oxygen atoms in total. The molecule has 0 spiro atoms. The van der Waals surface area contributed by atoms with Gasteiger partial charge in [-0.2, -0.15) is 0 Å². The number of rotatable bonds is 5. The SMILES string of the molecule is Nc1nccc2cc(CNC(=O)c3nnc(Cc4cc(F)c5ncc(Cl)cc5c4)o3)ccc12. The van der Waals surface area contributed by atoms with Gasteiger partial charge in [-0.25, -0.2) is 9.37 Å². The Labute approximate surface area is 191 Å². The Kier molecular flexibility index (Phi) is 5.31. The highest BCUT2D eigenvalue weighted by molar-refractivity contribution is 6.31. The predicted molar refractivity (Wildman–Crippen MR) is 121 cm³/mol. The smallest absolute Gasteiger partial charge is 0.309 e. The zero-order chi connectivity index (χ0) is 22.9. The number of nitrogens with zero attached hydrogens (tertiary/aromatic N) is 4. The zero-order valence-electron chi connectivity index (χ0n) is 17.0. The first kappa shape index (κ1) is 20.8. The Morgan fingerprint density at radius 2 is 1.91 bits per heavy atom. The summed E-state index contributed by atoms with van der Waals surface area (Å²) in [6.07, 6.45) is 3.17. The third kappa shape index (κ3) is 4.31. The number of hydrogen-bond acceptors (Lipinski definition) is 7. The minimum atomic E-state index is -0.510. The first-order chi connectivity index (χ1) is 16.0. The lowest BCUT2D eigenvalue weighted by Crippen LogP contribution is -2.23. The molecule has 3 heterocycles. The van der Waals surface area contributed by atoms with Gasteiger partial charge in [0.15, 0.2) is 0 Å². The number of nitrogens with one attached hydrogen (secondary N) is 1. The van der Waals surface area contributed by atoms with E-state index in [0.717, 1.165) is 16.3 Å². The van der Waals surface area contributed by atoms with Crippen LogP contribution in [0.15, 0.2) is 59.3 Å². The summed E-state index contributed by atoms with van der Waals surface area (Å²) in [7, 11) is 0. The molecule has 0 aliphatic rings. The number of amides is 1. The quantitative estimate of drug-likeness (QED) is 0.404. The van der Waals surface area contributed by atoms with Gasteiger partial charge in [-0.05, 0) is 46.8 Å². The van der Waals surface area contributed by atoms with Gasteiger partial charge in [0.1, 0.15) is 17.2 Å². The number of nitrogens with two attached hydrogens (primary N) is 1. The first-order valence-corrected chi connectivity index (χ1v) is 10.3. The van der Waals surface area contributed by atoms with E-state index in [-0.39, 0.29) is 30.3 Å². The molecule has 0 radical (unpaired) electrons. The summed E-state index contributed by atoms with van der Waals surface area (Å²) in [6, 6.07) is 12.2. The lowest BCUT2D eigenvalue weighted by atomic mass is 10.1. The molecule has 0 aliphatic carbocycles. The van der Waals surface area contributed by atoms with E-state index in [1.165, 1.54) is 12.3 Å². The Balaban J connectivity index is 1.27. The molecule has 0 bridgehead atoms. The van der Waals surface area contributed by atoms with Crippen LogP contribution in [-0.4, -0.2) is 26.1 Å². The van der Waals surface area contributed by atoms with Crippen molar-refractivity contribution in [3.63, 3.8) is 0 Å². The van der Waals surface area contributed by atoms with E-state index in [0.29, 0.717) is 21.8 Å². The van der Waals surface area contributed by atoms with Crippen molar-refractivity contribution in [1.82, 2.24) is 25.5 Å². The molecule has 3 aromatic heterocycles. The zero-order valence-corrected chi connectivity index (χ0v) is 17.8. The third-order valence-electron chi connectivity index (χ3n) is 5.09. The minimum absolute atomic E-state index is 0.153. The second-order valence-corrected chi connectivity index (χ2v) is 7.85. The van der Waals surface area contributed by atoms with E-state index >= 15 is 0 Å². The van der Waals surface area contributed by atoms with Gasteiger partial charge in [0.05, 0.1) is 11.4 Å². The van der Waals surface area contributed by atoms with Crippen LogP contribution in [0.25, 0.3) is 21.7 Å². The molecule has 0 saturated carbocycles. The lowest BCUT2D eigenvalue weighted by molar-refractivity contribution is 0.0914. The number of halogens is 2. The molecule has 1 amide bonds. The van der Waals surface area contributed by atoms with Crippen molar-refractivity contribution in [2.75, 3.05) is 5.73 Å². The average Bonchev–Trinajstić information content (AvgIpc) is 3.26. The van der Waals surface area contributed by atoms with E-state index < -0.39 is 11.7 Å². The van der Waals surface area contributed by atoms with E-state index in [4.69, 9.17) is 21.8 Å². The number of pyridine rings is 2. The van der Waals surface area contributed by atoms with Crippen molar-refractivity contribution in [2.45, 2.75) is 13.0 Å². The van der Waals surface area contributed by atoms with Crippen molar-refractivity contribution in [2.24, 2.45) is 0 Å². The number of aromatic nitrogens is 4. The largest absolute Gasteiger partial charge is 0.417 e. The molecule has 0 saturated heterocycles. The number of nitrogen functional groups attached to an aromatic ring is 1. The van der Waals surface area contributed by atoms with Crippen LogP contribution in [0.2, 0.25) is 5.02 Å². The van der Waals surface area contributed by atoms with Crippen LogP contribution >= 0.6 is 11.6 Å². The van der Waals surface area contributed by atoms with E-state index in [1.807, 2.05) is 24.3 Å². The minimum Gasteiger partial charge on any atom is -0.417 e. The normalized spacial score (nSPS) is 11.2. The van der Waals surface area contributed by atoms with Gasteiger partial charge in [0, 0.05) is 29.7 Å². The molecular formula is C23H16ClFN6O2. The molecule has 5 aromatic rings. The average molecular weight is 463 g/mol. The van der Waals surface area contributed by atoms with Crippen LogP contribution in [0.3, 0.4) is 0 Å². The van der Waals surface area contributed by atoms with E-state index in [9.17, 15) is 9.18 Å². The molecule has 0 unspecified atom stereocenters. The highest BCUT2D eigenvalue weighted by atomic mass is 35.5. The van der Waals surface area contributed by atoms with Crippen LogP contribution in [0, 0.1) is 5.82 Å². The van der Waals surface area contributed by atoms with Gasteiger partial charge >= 0.3 is 11.8 Å². The first-order valence-electron chi connectivity index (χ1n) is 9.93. The third-order valence-corrected chi connectivity index (χ3v) is 5.30. The topological polar surface area (TPSA) is 120 Å². The Morgan fingerprint density at radius 1 is 1.06 bits per heavy atom. The second-order valence-electron chi connectivity index (χ2n) is 7.41. The van der Waals surface area contributed by atoms with Gasteiger partial charge in [-0.3, -0.25) is 9.78 Å². The van der Waals surface area contributed by atoms with Crippen molar-refractivity contribution in [3.05, 3.63) is 88.6 Å². The van der Waals surface area contributed by atoms with E-state index in [1.54, 1.807) is 18.3 Å². The maximum atomic E-state index is 14.3. The van der Waals surface area contributed by atoms with Gasteiger partial charge in [0.2, 0.25) is 5.89 Å². The second kappa shape index (κ2) is 8.44. The molecular weight excluding hydrogens is 447 g/mol. The summed E-state index contributed by atoms with van der Waals surface area (Å²) in [5, 5.41) is 13.2. The number of hydrogen-bond donors (Lipinski definition) is 2. The molecule has 164 valence electrons. The fourth-order valence-electron chi connectivity index (χ4n) is 3.55. The van der Waals surface area contributed by atoms with Gasteiger partial charge in [0.25, 0.3) is 0 Å². The van der Waals surface area contributed by atoms with E-state index in [2.05, 4.69) is 25.5 Å². The number of carbonyl (C=O) groups is 1. The fraction of sp³-hybridized carbons (Fsp3) is 0.0870. The highest BCUT2D eigenvalue weighted by Crippen LogP contribution is 2.23. The molecule has 3 N–H and O–H groups in total.